The molecule has 7 nitrogen and oxygen atoms in total. The molecular weight excluding hydrogens is 346 g/mol. The first-order valence-corrected chi connectivity index (χ1v) is 8.99. The van der Waals surface area contributed by atoms with E-state index in [2.05, 4.69) is 4.72 Å². The zero-order valence-electron chi connectivity index (χ0n) is 15.8. The van der Waals surface area contributed by atoms with Crippen molar-refractivity contribution in [3.63, 3.8) is 0 Å². The van der Waals surface area contributed by atoms with Crippen molar-refractivity contribution in [2.45, 2.75) is 38.5 Å². The summed E-state index contributed by atoms with van der Waals surface area (Å²) in [4.78, 5) is 12.5. The predicted molar refractivity (Wildman–Crippen MR) is 96.5 cm³/mol. The summed E-state index contributed by atoms with van der Waals surface area (Å²) in [6.07, 6.45) is 0. The number of rotatable bonds is 8. The molecule has 0 aliphatic carbocycles. The first-order valence-electron chi connectivity index (χ1n) is 7.84. The monoisotopic (exact) mass is 373 g/mol. The third-order valence-corrected chi connectivity index (χ3v) is 4.91. The van der Waals surface area contributed by atoms with Crippen molar-refractivity contribution < 1.29 is 28.0 Å². The molecule has 1 unspecified atom stereocenters. The Hall–Kier alpha value is -1.80. The van der Waals surface area contributed by atoms with Crippen LogP contribution in [-0.4, -0.2) is 42.9 Å². The smallest absolute Gasteiger partial charge is 0.328 e. The van der Waals surface area contributed by atoms with Crippen molar-refractivity contribution in [2.24, 2.45) is 0 Å². The number of methoxy groups -OCH3 is 3. The Bertz CT molecular complexity index is 626. The summed E-state index contributed by atoms with van der Waals surface area (Å²) in [6, 6.07) is 2.25. The van der Waals surface area contributed by atoms with Gasteiger partial charge in [0, 0.05) is 11.6 Å². The SMILES string of the molecule is CCOC(=O)[C@H](NS(=O)C(C)(C)C)c1cc(OC)c(OC)cc1OC. The third-order valence-electron chi connectivity index (χ3n) is 3.35. The highest BCUT2D eigenvalue weighted by molar-refractivity contribution is 7.84. The van der Waals surface area contributed by atoms with Gasteiger partial charge >= 0.3 is 5.97 Å². The van der Waals surface area contributed by atoms with Crippen LogP contribution in [0.3, 0.4) is 0 Å². The highest BCUT2D eigenvalue weighted by atomic mass is 32.2. The Kier molecular flexibility index (Phi) is 7.69. The van der Waals surface area contributed by atoms with E-state index in [-0.39, 0.29) is 6.61 Å². The molecule has 0 bridgehead atoms. The average molecular weight is 373 g/mol. The molecule has 8 heteroatoms. The van der Waals surface area contributed by atoms with Gasteiger partial charge in [0.2, 0.25) is 0 Å². The maximum Gasteiger partial charge on any atom is 0.328 e. The van der Waals surface area contributed by atoms with E-state index in [9.17, 15) is 9.00 Å². The van der Waals surface area contributed by atoms with E-state index < -0.39 is 27.7 Å². The lowest BCUT2D eigenvalue weighted by Crippen LogP contribution is -2.39. The molecule has 1 rings (SSSR count). The number of esters is 1. The van der Waals surface area contributed by atoms with Gasteiger partial charge in [-0.2, -0.15) is 0 Å². The third kappa shape index (κ3) is 5.34. The fraction of sp³-hybridized carbons (Fsp3) is 0.588. The Morgan fingerprint density at radius 3 is 2.04 bits per heavy atom. The number of benzene rings is 1. The Labute approximate surface area is 151 Å². The molecule has 0 saturated heterocycles. The zero-order chi connectivity index (χ0) is 19.2. The minimum absolute atomic E-state index is 0.203. The van der Waals surface area contributed by atoms with Crippen LogP contribution in [0.4, 0.5) is 0 Å². The van der Waals surface area contributed by atoms with Crippen LogP contribution in [0.15, 0.2) is 12.1 Å². The normalized spacial score (nSPS) is 13.7. The van der Waals surface area contributed by atoms with Gasteiger partial charge in [-0.1, -0.05) is 0 Å². The fourth-order valence-corrected chi connectivity index (χ4v) is 2.82. The molecule has 0 fully saturated rings. The van der Waals surface area contributed by atoms with E-state index in [1.807, 2.05) is 20.8 Å². The summed E-state index contributed by atoms with van der Waals surface area (Å²) in [5.74, 6) is 0.735. The van der Waals surface area contributed by atoms with Crippen LogP contribution in [0.25, 0.3) is 0 Å². The number of carbonyl (C=O) groups excluding carboxylic acids is 1. The quantitative estimate of drug-likeness (QED) is 0.705. The first kappa shape index (κ1) is 21.2. The second-order valence-electron chi connectivity index (χ2n) is 6.13. The second-order valence-corrected chi connectivity index (χ2v) is 8.13. The molecule has 1 aromatic carbocycles. The molecule has 142 valence electrons. The molecule has 0 aliphatic heterocycles. The number of hydrogen-bond donors (Lipinski definition) is 1. The van der Waals surface area contributed by atoms with Crippen LogP contribution in [0.5, 0.6) is 17.2 Å². The Morgan fingerprint density at radius 2 is 1.60 bits per heavy atom. The second kappa shape index (κ2) is 9.05. The highest BCUT2D eigenvalue weighted by Gasteiger charge is 2.32. The molecule has 0 radical (unpaired) electrons. The van der Waals surface area contributed by atoms with Gasteiger partial charge in [0.15, 0.2) is 11.5 Å². The standard InChI is InChI=1S/C17H27NO6S/c1-8-24-16(19)15(18-25(20)17(2,3)4)11-9-13(22-6)14(23-7)10-12(11)21-5/h9-10,15,18H,8H2,1-7H3/t15-,25?/m1/s1. The van der Waals surface area contributed by atoms with Gasteiger partial charge in [0.05, 0.1) is 43.7 Å². The minimum atomic E-state index is -1.50. The molecule has 1 aromatic rings. The molecule has 2 atom stereocenters. The van der Waals surface area contributed by atoms with Gasteiger partial charge in [-0.05, 0) is 33.8 Å². The van der Waals surface area contributed by atoms with Gasteiger partial charge in [-0.3, -0.25) is 0 Å². The van der Waals surface area contributed by atoms with Gasteiger partial charge in [0.1, 0.15) is 11.8 Å². The number of hydrogen-bond acceptors (Lipinski definition) is 6. The molecule has 0 aromatic heterocycles. The first-order chi connectivity index (χ1) is 11.7. The summed E-state index contributed by atoms with van der Waals surface area (Å²) in [5.41, 5.74) is 0.455. The van der Waals surface area contributed by atoms with E-state index in [0.29, 0.717) is 22.8 Å². The summed E-state index contributed by atoms with van der Waals surface area (Å²) >= 11 is 0. The summed E-state index contributed by atoms with van der Waals surface area (Å²) in [6.45, 7) is 7.34. The van der Waals surface area contributed by atoms with Crippen LogP contribution in [0, 0.1) is 0 Å². The highest BCUT2D eigenvalue weighted by Crippen LogP contribution is 2.38. The van der Waals surface area contributed by atoms with Crippen LogP contribution in [0.2, 0.25) is 0 Å². The molecule has 0 heterocycles. The largest absolute Gasteiger partial charge is 0.496 e. The van der Waals surface area contributed by atoms with Gasteiger partial charge in [-0.25, -0.2) is 13.7 Å². The van der Waals surface area contributed by atoms with E-state index in [4.69, 9.17) is 18.9 Å². The lowest BCUT2D eigenvalue weighted by atomic mass is 10.1. The van der Waals surface area contributed by atoms with Crippen molar-refractivity contribution in [2.75, 3.05) is 27.9 Å². The summed E-state index contributed by atoms with van der Waals surface area (Å²) < 4.78 is 35.9. The van der Waals surface area contributed by atoms with Crippen molar-refractivity contribution in [1.82, 2.24) is 4.72 Å². The maximum absolute atomic E-state index is 12.5. The predicted octanol–water partition coefficient (Wildman–Crippen LogP) is 2.37. The zero-order valence-corrected chi connectivity index (χ0v) is 16.6. The average Bonchev–Trinajstić information content (AvgIpc) is 2.57. The lowest BCUT2D eigenvalue weighted by Gasteiger charge is -2.25. The van der Waals surface area contributed by atoms with Gasteiger partial charge in [0.25, 0.3) is 0 Å². The lowest BCUT2D eigenvalue weighted by molar-refractivity contribution is -0.145. The Balaban J connectivity index is 3.42. The molecule has 0 amide bonds. The minimum Gasteiger partial charge on any atom is -0.496 e. The van der Waals surface area contributed by atoms with Crippen molar-refractivity contribution >= 4 is 17.0 Å². The summed E-state index contributed by atoms with van der Waals surface area (Å²) in [5, 5.41) is 0. The van der Waals surface area contributed by atoms with Crippen LogP contribution >= 0.6 is 0 Å². The number of ether oxygens (including phenoxy) is 4. The Morgan fingerprint density at radius 1 is 1.08 bits per heavy atom. The van der Waals surface area contributed by atoms with Crippen molar-refractivity contribution in [3.05, 3.63) is 17.7 Å². The van der Waals surface area contributed by atoms with E-state index in [1.165, 1.54) is 21.3 Å². The van der Waals surface area contributed by atoms with E-state index in [1.54, 1.807) is 19.1 Å². The number of nitrogens with one attached hydrogen (secondary N) is 1. The molecule has 1 N–H and O–H groups in total. The fourth-order valence-electron chi connectivity index (χ4n) is 2.03. The van der Waals surface area contributed by atoms with E-state index >= 15 is 0 Å². The van der Waals surface area contributed by atoms with Crippen LogP contribution < -0.4 is 18.9 Å². The van der Waals surface area contributed by atoms with Crippen molar-refractivity contribution in [3.8, 4) is 17.2 Å². The topological polar surface area (TPSA) is 83.1 Å². The maximum atomic E-state index is 12.5. The van der Waals surface area contributed by atoms with Crippen LogP contribution in [0.1, 0.15) is 39.3 Å². The number of carbonyl (C=O) groups is 1. The molecular formula is C17H27NO6S. The molecule has 0 spiro atoms. The van der Waals surface area contributed by atoms with Gasteiger partial charge < -0.3 is 18.9 Å². The van der Waals surface area contributed by atoms with Crippen molar-refractivity contribution in [1.29, 1.82) is 0 Å². The molecule has 25 heavy (non-hydrogen) atoms. The van der Waals surface area contributed by atoms with E-state index in [0.717, 1.165) is 0 Å². The molecule has 0 aliphatic rings. The van der Waals surface area contributed by atoms with Gasteiger partial charge in [-0.15, -0.1) is 0 Å². The summed E-state index contributed by atoms with van der Waals surface area (Å²) in [7, 11) is 2.98. The van der Waals surface area contributed by atoms with Crippen LogP contribution in [-0.2, 0) is 20.5 Å². The molecule has 0 saturated carbocycles.